The van der Waals surface area contributed by atoms with Gasteiger partial charge in [-0.05, 0) is 45.2 Å². The Kier molecular flexibility index (Phi) is 6.02. The first-order valence-electron chi connectivity index (χ1n) is 8.31. The summed E-state index contributed by atoms with van der Waals surface area (Å²) in [5, 5.41) is 0. The molecule has 0 amide bonds. The van der Waals surface area contributed by atoms with Crippen molar-refractivity contribution in [3.8, 4) is 16.9 Å². The Hall–Kier alpha value is -2.29. The Labute approximate surface area is 144 Å². The van der Waals surface area contributed by atoms with Gasteiger partial charge in [-0.15, -0.1) is 0 Å². The molecule has 0 unspecified atom stereocenters. The molecule has 24 heavy (non-hydrogen) atoms. The monoisotopic (exact) mass is 326 g/mol. The number of hydrogen-bond donors (Lipinski definition) is 0. The highest BCUT2D eigenvalue weighted by molar-refractivity contribution is 5.75. The van der Waals surface area contributed by atoms with Crippen LogP contribution in [0.4, 0.5) is 0 Å². The third-order valence-electron chi connectivity index (χ3n) is 4.19. The fourth-order valence-corrected chi connectivity index (χ4v) is 2.64. The van der Waals surface area contributed by atoms with Gasteiger partial charge in [0.1, 0.15) is 5.75 Å². The molecule has 0 spiro atoms. The number of hydrogen-bond acceptors (Lipinski definition) is 3. The molecule has 0 N–H and O–H groups in total. The highest BCUT2D eigenvalue weighted by Gasteiger charge is 2.27. The molecule has 0 saturated heterocycles. The first kappa shape index (κ1) is 18.1. The molecule has 0 heterocycles. The molecule has 0 aliphatic carbocycles. The van der Waals surface area contributed by atoms with E-state index in [1.165, 1.54) is 12.7 Å². The Morgan fingerprint density at radius 3 is 2.38 bits per heavy atom. The highest BCUT2D eigenvalue weighted by Crippen LogP contribution is 2.30. The van der Waals surface area contributed by atoms with E-state index in [0.29, 0.717) is 6.61 Å². The largest absolute Gasteiger partial charge is 0.493 e. The quantitative estimate of drug-likeness (QED) is 0.529. The molecule has 0 fully saturated rings. The molecule has 0 aliphatic rings. The van der Waals surface area contributed by atoms with E-state index in [-0.39, 0.29) is 5.97 Å². The van der Waals surface area contributed by atoms with E-state index in [1.807, 2.05) is 32.0 Å². The van der Waals surface area contributed by atoms with Crippen molar-refractivity contribution in [1.29, 1.82) is 0 Å². The maximum absolute atomic E-state index is 11.7. The molecule has 2 aromatic carbocycles. The van der Waals surface area contributed by atoms with Crippen molar-refractivity contribution in [2.45, 2.75) is 33.6 Å². The Bertz CT molecular complexity index is 672. The number of carbonyl (C=O) groups excluding carboxylic acids is 1. The van der Waals surface area contributed by atoms with Gasteiger partial charge >= 0.3 is 5.97 Å². The molecule has 0 aliphatic heterocycles. The van der Waals surface area contributed by atoms with Crippen LogP contribution in [0, 0.1) is 12.3 Å². The van der Waals surface area contributed by atoms with Crippen LogP contribution in [0.5, 0.6) is 5.75 Å². The third kappa shape index (κ3) is 4.60. The van der Waals surface area contributed by atoms with Crippen molar-refractivity contribution < 1.29 is 14.3 Å². The van der Waals surface area contributed by atoms with Crippen LogP contribution in [0.25, 0.3) is 11.1 Å². The summed E-state index contributed by atoms with van der Waals surface area (Å²) in [6, 6.07) is 16.5. The second kappa shape index (κ2) is 8.00. The number of benzene rings is 2. The predicted molar refractivity (Wildman–Crippen MR) is 97.1 cm³/mol. The summed E-state index contributed by atoms with van der Waals surface area (Å²) in [4.78, 5) is 11.7. The Morgan fingerprint density at radius 1 is 1.04 bits per heavy atom. The van der Waals surface area contributed by atoms with Gasteiger partial charge in [0.05, 0.1) is 19.1 Å². The summed E-state index contributed by atoms with van der Waals surface area (Å²) in [5.74, 6) is 0.694. The molecule has 0 bridgehead atoms. The van der Waals surface area contributed by atoms with Gasteiger partial charge < -0.3 is 9.47 Å². The zero-order valence-corrected chi connectivity index (χ0v) is 15.0. The maximum atomic E-state index is 11.7. The molecule has 3 heteroatoms. The molecule has 2 aromatic rings. The lowest BCUT2D eigenvalue weighted by atomic mass is 9.88. The first-order chi connectivity index (χ1) is 11.4. The van der Waals surface area contributed by atoms with E-state index < -0.39 is 5.41 Å². The summed E-state index contributed by atoms with van der Waals surface area (Å²) in [6.07, 6.45) is 1.52. The van der Waals surface area contributed by atoms with Gasteiger partial charge in [0.25, 0.3) is 0 Å². The lowest BCUT2D eigenvalue weighted by molar-refractivity contribution is -0.151. The van der Waals surface area contributed by atoms with Crippen molar-refractivity contribution in [3.05, 3.63) is 54.1 Å². The summed E-state index contributed by atoms with van der Waals surface area (Å²) >= 11 is 0. The number of para-hydroxylation sites is 1. The van der Waals surface area contributed by atoms with E-state index in [2.05, 4.69) is 37.3 Å². The van der Waals surface area contributed by atoms with Crippen molar-refractivity contribution in [3.63, 3.8) is 0 Å². The Balaban J connectivity index is 1.99. The minimum absolute atomic E-state index is 0.178. The maximum Gasteiger partial charge on any atom is 0.311 e. The smallest absolute Gasteiger partial charge is 0.311 e. The average Bonchev–Trinajstić information content (AvgIpc) is 2.59. The normalized spacial score (nSPS) is 11.2. The van der Waals surface area contributed by atoms with Gasteiger partial charge in [0, 0.05) is 5.56 Å². The summed E-state index contributed by atoms with van der Waals surface area (Å²) in [7, 11) is 1.43. The minimum Gasteiger partial charge on any atom is -0.493 e. The van der Waals surface area contributed by atoms with Crippen LogP contribution in [0.2, 0.25) is 0 Å². The van der Waals surface area contributed by atoms with Crippen molar-refractivity contribution in [2.75, 3.05) is 13.7 Å². The highest BCUT2D eigenvalue weighted by atomic mass is 16.5. The number of ether oxygens (including phenoxy) is 2. The van der Waals surface area contributed by atoms with Gasteiger partial charge in [-0.2, -0.15) is 0 Å². The van der Waals surface area contributed by atoms with E-state index in [0.717, 1.165) is 29.7 Å². The summed E-state index contributed by atoms with van der Waals surface area (Å²) < 4.78 is 10.8. The third-order valence-corrected chi connectivity index (χ3v) is 4.19. The zero-order chi connectivity index (χ0) is 17.6. The van der Waals surface area contributed by atoms with E-state index in [9.17, 15) is 4.79 Å². The van der Waals surface area contributed by atoms with E-state index in [1.54, 1.807) is 0 Å². The number of aryl methyl sites for hydroxylation is 1. The lowest BCUT2D eigenvalue weighted by Gasteiger charge is -2.21. The van der Waals surface area contributed by atoms with Crippen molar-refractivity contribution in [1.82, 2.24) is 0 Å². The molecule has 2 rings (SSSR count). The number of methoxy groups -OCH3 is 1. The molecule has 0 atom stereocenters. The lowest BCUT2D eigenvalue weighted by Crippen LogP contribution is -2.26. The molecular weight excluding hydrogens is 300 g/mol. The topological polar surface area (TPSA) is 35.5 Å². The minimum atomic E-state index is -0.478. The van der Waals surface area contributed by atoms with Crippen LogP contribution in [-0.4, -0.2) is 19.7 Å². The van der Waals surface area contributed by atoms with Gasteiger partial charge in [-0.1, -0.05) is 48.0 Å². The molecule has 0 saturated carbocycles. The molecule has 0 radical (unpaired) electrons. The van der Waals surface area contributed by atoms with Crippen LogP contribution in [-0.2, 0) is 9.53 Å². The van der Waals surface area contributed by atoms with Gasteiger partial charge in [-0.25, -0.2) is 0 Å². The number of carbonyl (C=O) groups is 1. The fraction of sp³-hybridized carbons (Fsp3) is 0.381. The van der Waals surface area contributed by atoms with E-state index >= 15 is 0 Å². The zero-order valence-electron chi connectivity index (χ0n) is 15.0. The summed E-state index contributed by atoms with van der Waals surface area (Å²) in [6.45, 7) is 6.46. The standard InChI is InChI=1S/C21H26O3/c1-16-10-12-17(13-11-16)18-8-5-6-9-19(18)24-15-7-14-21(2,3)20(22)23-4/h5-6,8-13H,7,14-15H2,1-4H3. The van der Waals surface area contributed by atoms with Gasteiger partial charge in [0.15, 0.2) is 0 Å². The average molecular weight is 326 g/mol. The van der Waals surface area contributed by atoms with Gasteiger partial charge in [-0.3, -0.25) is 4.79 Å². The van der Waals surface area contributed by atoms with E-state index in [4.69, 9.17) is 9.47 Å². The van der Waals surface area contributed by atoms with Crippen molar-refractivity contribution >= 4 is 5.97 Å². The van der Waals surface area contributed by atoms with Crippen LogP contribution >= 0.6 is 0 Å². The first-order valence-corrected chi connectivity index (χ1v) is 8.31. The summed E-state index contributed by atoms with van der Waals surface area (Å²) in [5.41, 5.74) is 2.99. The van der Waals surface area contributed by atoms with Crippen LogP contribution in [0.3, 0.4) is 0 Å². The van der Waals surface area contributed by atoms with Crippen LogP contribution in [0.15, 0.2) is 48.5 Å². The SMILES string of the molecule is COC(=O)C(C)(C)CCCOc1ccccc1-c1ccc(C)cc1. The molecule has 0 aromatic heterocycles. The fourth-order valence-electron chi connectivity index (χ4n) is 2.64. The van der Waals surface area contributed by atoms with Crippen LogP contribution < -0.4 is 4.74 Å². The second-order valence-electron chi connectivity index (χ2n) is 6.69. The molecule has 128 valence electrons. The van der Waals surface area contributed by atoms with Crippen molar-refractivity contribution in [2.24, 2.45) is 5.41 Å². The number of rotatable bonds is 7. The molecule has 3 nitrogen and oxygen atoms in total. The predicted octanol–water partition coefficient (Wildman–Crippen LogP) is 5.02. The number of esters is 1. The molecular formula is C21H26O3. The Morgan fingerprint density at radius 2 is 1.71 bits per heavy atom. The van der Waals surface area contributed by atoms with Gasteiger partial charge in [0.2, 0.25) is 0 Å². The van der Waals surface area contributed by atoms with Crippen LogP contribution in [0.1, 0.15) is 32.3 Å². The second-order valence-corrected chi connectivity index (χ2v) is 6.69.